The highest BCUT2D eigenvalue weighted by atomic mass is 16.2. The van der Waals surface area contributed by atoms with Gasteiger partial charge in [-0.25, -0.2) is 4.98 Å². The zero-order valence-corrected chi connectivity index (χ0v) is 14.0. The van der Waals surface area contributed by atoms with Crippen LogP contribution in [0.5, 0.6) is 0 Å². The van der Waals surface area contributed by atoms with Crippen molar-refractivity contribution in [2.45, 2.75) is 59.9 Å². The molecule has 1 aromatic rings. The molecule has 0 spiro atoms. The lowest BCUT2D eigenvalue weighted by Crippen LogP contribution is -2.42. The molecule has 0 aliphatic rings. The Labute approximate surface area is 128 Å². The molecule has 0 bridgehead atoms. The SMILES string of the molecule is CCc1cc(C(=O)N(CC(C)C)C(CC)CC)cc(N)n1. The third-order valence-electron chi connectivity index (χ3n) is 3.71. The molecule has 1 heterocycles. The lowest BCUT2D eigenvalue weighted by Gasteiger charge is -2.32. The van der Waals surface area contributed by atoms with Crippen LogP contribution in [0.25, 0.3) is 0 Å². The van der Waals surface area contributed by atoms with Gasteiger partial charge in [0.1, 0.15) is 5.82 Å². The molecule has 4 heteroatoms. The molecule has 118 valence electrons. The first-order valence-corrected chi connectivity index (χ1v) is 8.00. The molecule has 0 saturated carbocycles. The summed E-state index contributed by atoms with van der Waals surface area (Å²) in [5, 5.41) is 0. The Kier molecular flexibility index (Phi) is 6.66. The molecule has 0 unspecified atom stereocenters. The smallest absolute Gasteiger partial charge is 0.254 e. The van der Waals surface area contributed by atoms with Crippen molar-refractivity contribution in [1.29, 1.82) is 0 Å². The van der Waals surface area contributed by atoms with Crippen molar-refractivity contribution in [2.24, 2.45) is 5.92 Å². The summed E-state index contributed by atoms with van der Waals surface area (Å²) in [6.07, 6.45) is 2.72. The predicted octanol–water partition coefficient (Wildman–Crippen LogP) is 3.51. The molecule has 2 N–H and O–H groups in total. The summed E-state index contributed by atoms with van der Waals surface area (Å²) < 4.78 is 0. The van der Waals surface area contributed by atoms with Crippen molar-refractivity contribution >= 4 is 11.7 Å². The minimum atomic E-state index is 0.0706. The molecule has 21 heavy (non-hydrogen) atoms. The molecule has 1 amide bonds. The van der Waals surface area contributed by atoms with Crippen molar-refractivity contribution in [1.82, 2.24) is 9.88 Å². The van der Waals surface area contributed by atoms with Crippen LogP contribution in [-0.4, -0.2) is 28.4 Å². The van der Waals surface area contributed by atoms with E-state index in [4.69, 9.17) is 5.73 Å². The number of nitrogens with two attached hydrogens (primary N) is 1. The number of hydrogen-bond acceptors (Lipinski definition) is 3. The third kappa shape index (κ3) is 4.73. The summed E-state index contributed by atoms with van der Waals surface area (Å²) in [7, 11) is 0. The molecular weight excluding hydrogens is 262 g/mol. The normalized spacial score (nSPS) is 11.2. The monoisotopic (exact) mass is 291 g/mol. The van der Waals surface area contributed by atoms with E-state index >= 15 is 0 Å². The maximum absolute atomic E-state index is 12.9. The number of nitrogens with zero attached hydrogens (tertiary/aromatic N) is 2. The van der Waals surface area contributed by atoms with Crippen LogP contribution in [0.4, 0.5) is 5.82 Å². The summed E-state index contributed by atoms with van der Waals surface area (Å²) in [4.78, 5) is 19.1. The quantitative estimate of drug-likeness (QED) is 0.836. The number of nitrogen functional groups attached to an aromatic ring is 1. The number of carbonyl (C=O) groups is 1. The van der Waals surface area contributed by atoms with E-state index in [1.165, 1.54) is 0 Å². The van der Waals surface area contributed by atoms with Gasteiger partial charge in [0.2, 0.25) is 0 Å². The molecule has 1 aromatic heterocycles. The average Bonchev–Trinajstić information content (AvgIpc) is 2.45. The van der Waals surface area contributed by atoms with E-state index < -0.39 is 0 Å². The van der Waals surface area contributed by atoms with Crippen LogP contribution in [0.3, 0.4) is 0 Å². The van der Waals surface area contributed by atoms with Gasteiger partial charge in [-0.3, -0.25) is 4.79 Å². The molecule has 0 saturated heterocycles. The fourth-order valence-electron chi connectivity index (χ4n) is 2.60. The predicted molar refractivity (Wildman–Crippen MR) is 88.3 cm³/mol. The number of amides is 1. The second kappa shape index (κ2) is 8.01. The molecule has 0 aliphatic heterocycles. The molecule has 1 rings (SSSR count). The number of carbonyl (C=O) groups excluding carboxylic acids is 1. The maximum Gasteiger partial charge on any atom is 0.254 e. The Morgan fingerprint density at radius 3 is 2.33 bits per heavy atom. The van der Waals surface area contributed by atoms with Gasteiger partial charge in [-0.1, -0.05) is 34.6 Å². The molecule has 0 aliphatic carbocycles. The van der Waals surface area contributed by atoms with Crippen LogP contribution in [0.2, 0.25) is 0 Å². The maximum atomic E-state index is 12.9. The zero-order chi connectivity index (χ0) is 16.0. The highest BCUT2D eigenvalue weighted by Crippen LogP contribution is 2.18. The Bertz CT molecular complexity index is 467. The topological polar surface area (TPSA) is 59.2 Å². The summed E-state index contributed by atoms with van der Waals surface area (Å²) in [6.45, 7) is 11.3. The van der Waals surface area contributed by atoms with E-state index in [0.29, 0.717) is 17.3 Å². The largest absolute Gasteiger partial charge is 0.384 e. The first kappa shape index (κ1) is 17.5. The van der Waals surface area contributed by atoms with Gasteiger partial charge >= 0.3 is 0 Å². The van der Waals surface area contributed by atoms with E-state index in [0.717, 1.165) is 31.5 Å². The van der Waals surface area contributed by atoms with Crippen molar-refractivity contribution in [3.8, 4) is 0 Å². The van der Waals surface area contributed by atoms with Gasteiger partial charge in [0.15, 0.2) is 0 Å². The van der Waals surface area contributed by atoms with Crippen LogP contribution in [0.1, 0.15) is 63.5 Å². The van der Waals surface area contributed by atoms with Crippen LogP contribution in [0, 0.1) is 5.92 Å². The van der Waals surface area contributed by atoms with Gasteiger partial charge in [0.25, 0.3) is 5.91 Å². The van der Waals surface area contributed by atoms with Crippen LogP contribution in [-0.2, 0) is 6.42 Å². The van der Waals surface area contributed by atoms with Crippen molar-refractivity contribution in [2.75, 3.05) is 12.3 Å². The van der Waals surface area contributed by atoms with E-state index in [-0.39, 0.29) is 11.9 Å². The van der Waals surface area contributed by atoms with Gasteiger partial charge in [-0.2, -0.15) is 0 Å². The van der Waals surface area contributed by atoms with Gasteiger partial charge in [-0.05, 0) is 37.3 Å². The molecule has 0 fully saturated rings. The molecule has 0 aromatic carbocycles. The summed E-state index contributed by atoms with van der Waals surface area (Å²) in [6, 6.07) is 3.84. The highest BCUT2D eigenvalue weighted by molar-refractivity contribution is 5.95. The van der Waals surface area contributed by atoms with Crippen molar-refractivity contribution in [3.05, 3.63) is 23.4 Å². The van der Waals surface area contributed by atoms with Crippen LogP contribution >= 0.6 is 0 Å². The van der Waals surface area contributed by atoms with Crippen molar-refractivity contribution in [3.63, 3.8) is 0 Å². The fourth-order valence-corrected chi connectivity index (χ4v) is 2.60. The Morgan fingerprint density at radius 2 is 1.86 bits per heavy atom. The van der Waals surface area contributed by atoms with Gasteiger partial charge in [0.05, 0.1) is 0 Å². The molecule has 0 atom stereocenters. The molecule has 0 radical (unpaired) electrons. The van der Waals surface area contributed by atoms with Crippen LogP contribution < -0.4 is 5.73 Å². The van der Waals surface area contributed by atoms with E-state index in [9.17, 15) is 4.79 Å². The number of hydrogen-bond donors (Lipinski definition) is 1. The summed E-state index contributed by atoms with van der Waals surface area (Å²) in [5.41, 5.74) is 7.36. The van der Waals surface area contributed by atoms with Crippen LogP contribution in [0.15, 0.2) is 12.1 Å². The number of pyridine rings is 1. The second-order valence-corrected chi connectivity index (χ2v) is 5.95. The number of aromatic nitrogens is 1. The van der Waals surface area contributed by atoms with Gasteiger partial charge in [0, 0.05) is 23.8 Å². The first-order chi connectivity index (χ1) is 9.92. The van der Waals surface area contributed by atoms with Crippen molar-refractivity contribution < 1.29 is 4.79 Å². The van der Waals surface area contributed by atoms with E-state index in [1.54, 1.807) is 6.07 Å². The number of rotatable bonds is 7. The Hall–Kier alpha value is -1.58. The molecule has 4 nitrogen and oxygen atoms in total. The summed E-state index contributed by atoms with van der Waals surface area (Å²) in [5.74, 6) is 0.937. The lowest BCUT2D eigenvalue weighted by atomic mass is 10.0. The van der Waals surface area contributed by atoms with Gasteiger partial charge in [-0.15, -0.1) is 0 Å². The number of anilines is 1. The summed E-state index contributed by atoms with van der Waals surface area (Å²) >= 11 is 0. The zero-order valence-electron chi connectivity index (χ0n) is 14.0. The van der Waals surface area contributed by atoms with E-state index in [1.807, 2.05) is 17.9 Å². The average molecular weight is 291 g/mol. The standard InChI is InChI=1S/C17H29N3O/c1-6-14-9-13(10-16(18)19-14)17(21)20(11-12(4)5)15(7-2)8-3/h9-10,12,15H,6-8,11H2,1-5H3,(H2,18,19). The van der Waals surface area contributed by atoms with E-state index in [2.05, 4.69) is 32.7 Å². The molecular formula is C17H29N3O. The third-order valence-corrected chi connectivity index (χ3v) is 3.71. The lowest BCUT2D eigenvalue weighted by molar-refractivity contribution is 0.0640. The number of aryl methyl sites for hydroxylation is 1. The highest BCUT2D eigenvalue weighted by Gasteiger charge is 2.23. The fraction of sp³-hybridized carbons (Fsp3) is 0.647. The Morgan fingerprint density at radius 1 is 1.24 bits per heavy atom. The second-order valence-electron chi connectivity index (χ2n) is 5.95. The Balaban J connectivity index is 3.12. The van der Waals surface area contributed by atoms with Gasteiger partial charge < -0.3 is 10.6 Å². The first-order valence-electron chi connectivity index (χ1n) is 8.00. The minimum Gasteiger partial charge on any atom is -0.384 e. The minimum absolute atomic E-state index is 0.0706.